The zero-order valence-corrected chi connectivity index (χ0v) is 11.3. The van der Waals surface area contributed by atoms with Crippen LogP contribution in [0.1, 0.15) is 32.8 Å². The highest BCUT2D eigenvalue weighted by Gasteiger charge is 2.26. The van der Waals surface area contributed by atoms with Crippen LogP contribution >= 0.6 is 0 Å². The van der Waals surface area contributed by atoms with Crippen molar-refractivity contribution >= 4 is 5.69 Å². The minimum atomic E-state index is -0.802. The minimum Gasteiger partial charge on any atom is -0.396 e. The summed E-state index contributed by atoms with van der Waals surface area (Å²) in [5.41, 5.74) is -0.586. The zero-order valence-electron chi connectivity index (χ0n) is 11.3. The van der Waals surface area contributed by atoms with E-state index in [1.165, 1.54) is 0 Å². The number of anilines is 1. The molecule has 5 heteroatoms. The highest BCUT2D eigenvalue weighted by Crippen LogP contribution is 2.28. The van der Waals surface area contributed by atoms with Gasteiger partial charge < -0.3 is 10.4 Å². The zero-order chi connectivity index (χ0) is 14.6. The van der Waals surface area contributed by atoms with Gasteiger partial charge in [0.15, 0.2) is 11.6 Å². The number of benzene rings is 1. The second kappa shape index (κ2) is 5.98. The number of nitrogens with zero attached hydrogens (tertiary/aromatic N) is 1. The maximum Gasteiger partial charge on any atom is 0.150 e. The molecule has 0 spiro atoms. The Bertz CT molecular complexity index is 466. The standard InChI is InChI=1S/C14H18F2N2O/c1-14(2,3)12(4-5-19)18-13-10(15)6-9(8-17)7-11(13)16/h6-7,12,18-19H,4-5H2,1-3H3. The van der Waals surface area contributed by atoms with E-state index in [0.717, 1.165) is 12.1 Å². The number of aliphatic hydroxyl groups is 1. The van der Waals surface area contributed by atoms with E-state index in [1.54, 1.807) is 6.07 Å². The van der Waals surface area contributed by atoms with E-state index in [4.69, 9.17) is 10.4 Å². The molecule has 0 heterocycles. The third-order valence-electron chi connectivity index (χ3n) is 2.95. The third-order valence-corrected chi connectivity index (χ3v) is 2.95. The largest absolute Gasteiger partial charge is 0.396 e. The average Bonchev–Trinajstić information content (AvgIpc) is 2.30. The number of nitrogens with one attached hydrogen (secondary N) is 1. The summed E-state index contributed by atoms with van der Waals surface area (Å²) in [6, 6.07) is 3.39. The van der Waals surface area contributed by atoms with Crippen molar-refractivity contribution in [1.29, 1.82) is 5.26 Å². The Labute approximate surface area is 111 Å². The van der Waals surface area contributed by atoms with E-state index < -0.39 is 11.6 Å². The first-order valence-corrected chi connectivity index (χ1v) is 6.06. The second-order valence-corrected chi connectivity index (χ2v) is 5.50. The fourth-order valence-electron chi connectivity index (χ4n) is 1.80. The molecule has 0 aromatic heterocycles. The number of hydrogen-bond acceptors (Lipinski definition) is 3. The van der Waals surface area contributed by atoms with Gasteiger partial charge in [-0.2, -0.15) is 5.26 Å². The average molecular weight is 268 g/mol. The molecule has 0 aliphatic rings. The summed E-state index contributed by atoms with van der Waals surface area (Å²) < 4.78 is 27.5. The van der Waals surface area contributed by atoms with Gasteiger partial charge in [-0.25, -0.2) is 8.78 Å². The fraction of sp³-hybridized carbons (Fsp3) is 0.500. The summed E-state index contributed by atoms with van der Waals surface area (Å²) in [5.74, 6) is -1.60. The van der Waals surface area contributed by atoms with E-state index in [9.17, 15) is 8.78 Å². The van der Waals surface area contributed by atoms with Crippen LogP contribution in [0.25, 0.3) is 0 Å². The van der Waals surface area contributed by atoms with Crippen molar-refractivity contribution in [3.8, 4) is 6.07 Å². The van der Waals surface area contributed by atoms with Gasteiger partial charge in [0.1, 0.15) is 5.69 Å². The van der Waals surface area contributed by atoms with Crippen LogP contribution < -0.4 is 5.32 Å². The Morgan fingerprint density at radius 1 is 1.32 bits per heavy atom. The highest BCUT2D eigenvalue weighted by atomic mass is 19.1. The molecule has 19 heavy (non-hydrogen) atoms. The maximum absolute atomic E-state index is 13.8. The molecule has 1 rings (SSSR count). The molecule has 0 aliphatic carbocycles. The molecular weight excluding hydrogens is 250 g/mol. The molecule has 0 amide bonds. The van der Waals surface area contributed by atoms with Gasteiger partial charge in [-0.1, -0.05) is 20.8 Å². The molecule has 1 aromatic rings. The molecule has 0 fully saturated rings. The van der Waals surface area contributed by atoms with Gasteiger partial charge >= 0.3 is 0 Å². The fourth-order valence-corrected chi connectivity index (χ4v) is 1.80. The lowest BCUT2D eigenvalue weighted by atomic mass is 9.84. The Hall–Kier alpha value is -1.67. The van der Waals surface area contributed by atoms with Crippen molar-refractivity contribution in [2.75, 3.05) is 11.9 Å². The van der Waals surface area contributed by atoms with Crippen LogP contribution in [-0.2, 0) is 0 Å². The van der Waals surface area contributed by atoms with Crippen molar-refractivity contribution in [3.63, 3.8) is 0 Å². The van der Waals surface area contributed by atoms with Gasteiger partial charge in [0, 0.05) is 12.6 Å². The van der Waals surface area contributed by atoms with Gasteiger partial charge in [0.2, 0.25) is 0 Å². The Morgan fingerprint density at radius 3 is 2.21 bits per heavy atom. The van der Waals surface area contributed by atoms with Gasteiger partial charge in [-0.05, 0) is 24.0 Å². The summed E-state index contributed by atoms with van der Waals surface area (Å²) in [4.78, 5) is 0. The summed E-state index contributed by atoms with van der Waals surface area (Å²) >= 11 is 0. The first-order valence-electron chi connectivity index (χ1n) is 6.06. The van der Waals surface area contributed by atoms with E-state index in [-0.39, 0.29) is 29.3 Å². The van der Waals surface area contributed by atoms with Crippen LogP contribution in [0.3, 0.4) is 0 Å². The van der Waals surface area contributed by atoms with Crippen molar-refractivity contribution < 1.29 is 13.9 Å². The van der Waals surface area contributed by atoms with E-state index in [1.807, 2.05) is 20.8 Å². The van der Waals surface area contributed by atoms with Gasteiger partial charge in [-0.3, -0.25) is 0 Å². The Kier molecular flexibility index (Phi) is 4.84. The lowest BCUT2D eigenvalue weighted by Crippen LogP contribution is -2.35. The van der Waals surface area contributed by atoms with Crippen LogP contribution in [0.5, 0.6) is 0 Å². The third kappa shape index (κ3) is 3.90. The molecule has 1 aromatic carbocycles. The number of aliphatic hydroxyl groups excluding tert-OH is 1. The van der Waals surface area contributed by atoms with Crippen molar-refractivity contribution in [3.05, 3.63) is 29.3 Å². The molecule has 0 radical (unpaired) electrons. The highest BCUT2D eigenvalue weighted by molar-refractivity contribution is 5.51. The maximum atomic E-state index is 13.8. The van der Waals surface area contributed by atoms with Gasteiger partial charge in [-0.15, -0.1) is 0 Å². The first-order chi connectivity index (χ1) is 8.79. The van der Waals surface area contributed by atoms with Crippen LogP contribution in [0, 0.1) is 28.4 Å². The predicted octanol–water partition coefficient (Wildman–Crippen LogP) is 3.05. The molecule has 0 saturated carbocycles. The topological polar surface area (TPSA) is 56.0 Å². The van der Waals surface area contributed by atoms with Crippen molar-refractivity contribution in [1.82, 2.24) is 0 Å². The van der Waals surface area contributed by atoms with E-state index in [2.05, 4.69) is 5.32 Å². The molecule has 0 aliphatic heterocycles. The van der Waals surface area contributed by atoms with Gasteiger partial charge in [0.25, 0.3) is 0 Å². The van der Waals surface area contributed by atoms with Gasteiger partial charge in [0.05, 0.1) is 11.6 Å². The lowest BCUT2D eigenvalue weighted by molar-refractivity contribution is 0.234. The number of nitriles is 1. The molecule has 1 atom stereocenters. The first kappa shape index (κ1) is 15.4. The van der Waals surface area contributed by atoms with Crippen LogP contribution in [0.4, 0.5) is 14.5 Å². The van der Waals surface area contributed by atoms with Crippen molar-refractivity contribution in [2.24, 2.45) is 5.41 Å². The minimum absolute atomic E-state index is 0.0602. The molecule has 104 valence electrons. The van der Waals surface area contributed by atoms with E-state index in [0.29, 0.717) is 6.42 Å². The van der Waals surface area contributed by atoms with Crippen molar-refractivity contribution in [2.45, 2.75) is 33.2 Å². The SMILES string of the molecule is CC(C)(C)C(CCO)Nc1c(F)cc(C#N)cc1F. The summed E-state index contributed by atoms with van der Waals surface area (Å²) in [6.07, 6.45) is 0.377. The van der Waals surface area contributed by atoms with Crippen LogP contribution in [-0.4, -0.2) is 17.8 Å². The molecule has 0 saturated heterocycles. The summed E-state index contributed by atoms with van der Waals surface area (Å²) in [6.45, 7) is 5.67. The summed E-state index contributed by atoms with van der Waals surface area (Å²) in [5, 5.41) is 20.5. The normalized spacial score (nSPS) is 12.9. The number of rotatable bonds is 4. The molecular formula is C14H18F2N2O. The van der Waals surface area contributed by atoms with Crippen LogP contribution in [0.2, 0.25) is 0 Å². The second-order valence-electron chi connectivity index (χ2n) is 5.50. The number of hydrogen-bond donors (Lipinski definition) is 2. The van der Waals surface area contributed by atoms with E-state index >= 15 is 0 Å². The lowest BCUT2D eigenvalue weighted by Gasteiger charge is -2.32. The molecule has 2 N–H and O–H groups in total. The quantitative estimate of drug-likeness (QED) is 0.882. The number of halogens is 2. The predicted molar refractivity (Wildman–Crippen MR) is 69.6 cm³/mol. The molecule has 0 bridgehead atoms. The Balaban J connectivity index is 3.07. The Morgan fingerprint density at radius 2 is 1.84 bits per heavy atom. The van der Waals surface area contributed by atoms with Crippen LogP contribution in [0.15, 0.2) is 12.1 Å². The molecule has 1 unspecified atom stereocenters. The molecule has 3 nitrogen and oxygen atoms in total. The smallest absolute Gasteiger partial charge is 0.150 e. The monoisotopic (exact) mass is 268 g/mol. The summed E-state index contributed by atoms with van der Waals surface area (Å²) in [7, 11) is 0.